The van der Waals surface area contributed by atoms with Crippen molar-refractivity contribution in [2.45, 2.75) is 20.0 Å². The van der Waals surface area contributed by atoms with Crippen LogP contribution in [0.4, 0.5) is 5.82 Å². The predicted molar refractivity (Wildman–Crippen MR) is 85.5 cm³/mol. The Balaban J connectivity index is 2.55. The molecule has 1 aromatic heterocycles. The third-order valence-corrected chi connectivity index (χ3v) is 3.07. The van der Waals surface area contributed by atoms with Gasteiger partial charge < -0.3 is 10.1 Å². The normalized spacial score (nSPS) is 11.1. The van der Waals surface area contributed by atoms with Gasteiger partial charge in [0.05, 0.1) is 16.3 Å². The zero-order valence-electron chi connectivity index (χ0n) is 11.4. The molecule has 0 aliphatic carbocycles. The minimum absolute atomic E-state index is 0.217. The SMILES string of the molecule is CC(C)OCCNc1ncc(/C=C/C(=O)NO)cc1I. The fourth-order valence-corrected chi connectivity index (χ4v) is 2.04. The highest BCUT2D eigenvalue weighted by atomic mass is 127. The number of ether oxygens (including phenoxy) is 1. The number of carbonyl (C=O) groups is 1. The molecule has 0 spiro atoms. The van der Waals surface area contributed by atoms with E-state index < -0.39 is 5.91 Å². The molecule has 0 saturated carbocycles. The maximum atomic E-state index is 10.9. The first kappa shape index (κ1) is 16.9. The minimum atomic E-state index is -0.576. The van der Waals surface area contributed by atoms with E-state index in [-0.39, 0.29) is 6.10 Å². The lowest BCUT2D eigenvalue weighted by Gasteiger charge is -2.10. The van der Waals surface area contributed by atoms with Crippen LogP contribution in [0.15, 0.2) is 18.3 Å². The van der Waals surface area contributed by atoms with Crippen LogP contribution in [0, 0.1) is 3.57 Å². The molecule has 0 fully saturated rings. The molecule has 6 nitrogen and oxygen atoms in total. The topological polar surface area (TPSA) is 83.5 Å². The average Bonchev–Trinajstić information content (AvgIpc) is 2.42. The lowest BCUT2D eigenvalue weighted by Crippen LogP contribution is -2.15. The number of hydrogen-bond acceptors (Lipinski definition) is 5. The van der Waals surface area contributed by atoms with Gasteiger partial charge in [0.2, 0.25) is 0 Å². The van der Waals surface area contributed by atoms with Crippen LogP contribution in [-0.2, 0) is 9.53 Å². The Morgan fingerprint density at radius 1 is 1.60 bits per heavy atom. The molecule has 0 unspecified atom stereocenters. The molecular weight excluding hydrogens is 373 g/mol. The second kappa shape index (κ2) is 8.88. The molecule has 0 aromatic carbocycles. The molecule has 0 aliphatic heterocycles. The summed E-state index contributed by atoms with van der Waals surface area (Å²) in [6.45, 7) is 5.29. The van der Waals surface area contributed by atoms with Gasteiger partial charge in [0.25, 0.3) is 5.91 Å². The van der Waals surface area contributed by atoms with Gasteiger partial charge in [-0.3, -0.25) is 10.0 Å². The highest BCUT2D eigenvalue weighted by molar-refractivity contribution is 14.1. The number of rotatable bonds is 7. The number of hydrogen-bond donors (Lipinski definition) is 3. The van der Waals surface area contributed by atoms with E-state index in [0.29, 0.717) is 13.2 Å². The largest absolute Gasteiger partial charge is 0.377 e. The van der Waals surface area contributed by atoms with Gasteiger partial charge >= 0.3 is 0 Å². The molecule has 1 heterocycles. The molecule has 110 valence electrons. The van der Waals surface area contributed by atoms with Crippen LogP contribution >= 0.6 is 22.6 Å². The Labute approximate surface area is 131 Å². The van der Waals surface area contributed by atoms with Crippen molar-refractivity contribution in [1.82, 2.24) is 10.5 Å². The van der Waals surface area contributed by atoms with Crippen LogP contribution in [0.1, 0.15) is 19.4 Å². The van der Waals surface area contributed by atoms with Crippen molar-refractivity contribution >= 4 is 40.4 Å². The van der Waals surface area contributed by atoms with Crippen LogP contribution in [0.3, 0.4) is 0 Å². The number of hydroxylamine groups is 1. The maximum Gasteiger partial charge on any atom is 0.267 e. The minimum Gasteiger partial charge on any atom is -0.377 e. The highest BCUT2D eigenvalue weighted by Crippen LogP contribution is 2.17. The number of anilines is 1. The number of amides is 1. The van der Waals surface area contributed by atoms with Gasteiger partial charge in [0.1, 0.15) is 5.82 Å². The molecule has 20 heavy (non-hydrogen) atoms. The van der Waals surface area contributed by atoms with E-state index in [0.717, 1.165) is 15.0 Å². The van der Waals surface area contributed by atoms with Gasteiger partial charge in [-0.25, -0.2) is 10.5 Å². The van der Waals surface area contributed by atoms with Crippen molar-refractivity contribution in [2.24, 2.45) is 0 Å². The first-order valence-corrected chi connectivity index (χ1v) is 7.24. The molecule has 1 rings (SSSR count). The summed E-state index contributed by atoms with van der Waals surface area (Å²) in [6.07, 6.45) is 4.67. The van der Waals surface area contributed by atoms with E-state index >= 15 is 0 Å². The first-order valence-electron chi connectivity index (χ1n) is 6.16. The molecule has 0 saturated heterocycles. The second-order valence-corrected chi connectivity index (χ2v) is 5.42. The van der Waals surface area contributed by atoms with Gasteiger partial charge in [-0.05, 0) is 54.1 Å². The number of halogens is 1. The molecule has 0 atom stereocenters. The smallest absolute Gasteiger partial charge is 0.267 e. The van der Waals surface area contributed by atoms with Gasteiger partial charge in [0, 0.05) is 18.8 Å². The van der Waals surface area contributed by atoms with Crippen LogP contribution in [-0.4, -0.2) is 35.4 Å². The molecule has 0 radical (unpaired) electrons. The van der Waals surface area contributed by atoms with E-state index in [9.17, 15) is 4.79 Å². The zero-order chi connectivity index (χ0) is 15.0. The zero-order valence-corrected chi connectivity index (χ0v) is 13.5. The fourth-order valence-electron chi connectivity index (χ4n) is 1.35. The molecule has 7 heteroatoms. The highest BCUT2D eigenvalue weighted by Gasteiger charge is 2.02. The standard InChI is InChI=1S/C13H18IN3O3/c1-9(2)20-6-5-15-13-11(14)7-10(8-16-13)3-4-12(18)17-19/h3-4,7-9,19H,5-6H2,1-2H3,(H,15,16)(H,17,18)/b4-3+. The molecule has 1 aromatic rings. The predicted octanol–water partition coefficient (Wildman–Crippen LogP) is 2.04. The van der Waals surface area contributed by atoms with Crippen molar-refractivity contribution in [2.75, 3.05) is 18.5 Å². The molecule has 3 N–H and O–H groups in total. The second-order valence-electron chi connectivity index (χ2n) is 4.25. The Morgan fingerprint density at radius 2 is 2.35 bits per heavy atom. The lowest BCUT2D eigenvalue weighted by molar-refractivity contribution is -0.124. The van der Waals surface area contributed by atoms with Gasteiger partial charge in [0.15, 0.2) is 0 Å². The Kier molecular flexibility index (Phi) is 7.48. The van der Waals surface area contributed by atoms with E-state index in [1.807, 2.05) is 19.9 Å². The summed E-state index contributed by atoms with van der Waals surface area (Å²) >= 11 is 2.17. The van der Waals surface area contributed by atoms with Crippen molar-refractivity contribution < 1.29 is 14.7 Å². The van der Waals surface area contributed by atoms with Gasteiger partial charge in [-0.15, -0.1) is 0 Å². The van der Waals surface area contributed by atoms with Crippen LogP contribution in [0.25, 0.3) is 6.08 Å². The summed E-state index contributed by atoms with van der Waals surface area (Å²) in [5, 5.41) is 11.6. The van der Waals surface area contributed by atoms with Crippen molar-refractivity contribution in [3.8, 4) is 0 Å². The number of nitrogens with zero attached hydrogens (tertiary/aromatic N) is 1. The first-order chi connectivity index (χ1) is 9.52. The molecule has 1 amide bonds. The number of aromatic nitrogens is 1. The van der Waals surface area contributed by atoms with E-state index in [1.54, 1.807) is 12.3 Å². The third-order valence-electron chi connectivity index (χ3n) is 2.25. The summed E-state index contributed by atoms with van der Waals surface area (Å²) in [4.78, 5) is 15.1. The Morgan fingerprint density at radius 3 is 2.95 bits per heavy atom. The fraction of sp³-hybridized carbons (Fsp3) is 0.385. The van der Waals surface area contributed by atoms with E-state index in [4.69, 9.17) is 9.94 Å². The maximum absolute atomic E-state index is 10.9. The molecular formula is C13H18IN3O3. The number of carbonyl (C=O) groups excluding carboxylic acids is 1. The summed E-state index contributed by atoms with van der Waals surface area (Å²) in [5.74, 6) is 0.203. The monoisotopic (exact) mass is 391 g/mol. The van der Waals surface area contributed by atoms with Gasteiger partial charge in [-0.1, -0.05) is 0 Å². The summed E-state index contributed by atoms with van der Waals surface area (Å²) in [5.41, 5.74) is 2.31. The van der Waals surface area contributed by atoms with Crippen molar-refractivity contribution in [3.05, 3.63) is 27.5 Å². The van der Waals surface area contributed by atoms with Crippen LogP contribution in [0.2, 0.25) is 0 Å². The molecule has 0 aliphatic rings. The van der Waals surface area contributed by atoms with Crippen molar-refractivity contribution in [1.29, 1.82) is 0 Å². The van der Waals surface area contributed by atoms with E-state index in [2.05, 4.69) is 32.9 Å². The summed E-state index contributed by atoms with van der Waals surface area (Å²) < 4.78 is 6.38. The van der Waals surface area contributed by atoms with Crippen LogP contribution < -0.4 is 10.8 Å². The quantitative estimate of drug-likeness (QED) is 0.218. The van der Waals surface area contributed by atoms with Crippen molar-refractivity contribution in [3.63, 3.8) is 0 Å². The Bertz CT molecular complexity index is 478. The van der Waals surface area contributed by atoms with Gasteiger partial charge in [-0.2, -0.15) is 0 Å². The number of pyridine rings is 1. The van der Waals surface area contributed by atoms with Crippen LogP contribution in [0.5, 0.6) is 0 Å². The summed E-state index contributed by atoms with van der Waals surface area (Å²) in [7, 11) is 0. The number of nitrogens with one attached hydrogen (secondary N) is 2. The lowest BCUT2D eigenvalue weighted by atomic mass is 10.2. The average molecular weight is 391 g/mol. The Hall–Kier alpha value is -1.19. The third kappa shape index (κ3) is 6.31. The van der Waals surface area contributed by atoms with E-state index in [1.165, 1.54) is 11.6 Å². The molecule has 0 bridgehead atoms. The summed E-state index contributed by atoms with van der Waals surface area (Å²) in [6, 6.07) is 1.89.